The lowest BCUT2D eigenvalue weighted by Crippen LogP contribution is -2.45. The van der Waals surface area contributed by atoms with Gasteiger partial charge >= 0.3 is 0 Å². The van der Waals surface area contributed by atoms with E-state index < -0.39 is 0 Å². The first-order chi connectivity index (χ1) is 14.5. The van der Waals surface area contributed by atoms with E-state index in [-0.39, 0.29) is 12.1 Å². The Morgan fingerprint density at radius 1 is 1.20 bits per heavy atom. The van der Waals surface area contributed by atoms with Crippen molar-refractivity contribution in [1.82, 2.24) is 15.5 Å². The lowest BCUT2D eigenvalue weighted by Gasteiger charge is -2.38. The Balaban J connectivity index is 1.67. The lowest BCUT2D eigenvalue weighted by molar-refractivity contribution is 0.0113. The van der Waals surface area contributed by atoms with Crippen LogP contribution in [0.25, 0.3) is 18.0 Å². The summed E-state index contributed by atoms with van der Waals surface area (Å²) in [6.07, 6.45) is 8.84. The molecule has 4 heterocycles. The number of hydrazine groups is 1. The fourth-order valence-corrected chi connectivity index (χ4v) is 4.63. The van der Waals surface area contributed by atoms with Crippen molar-refractivity contribution in [3.05, 3.63) is 68.6 Å². The number of hydrogen-bond acceptors (Lipinski definition) is 6. The van der Waals surface area contributed by atoms with E-state index in [9.17, 15) is 5.21 Å². The largest absolute Gasteiger partial charge is 0.754 e. The maximum Gasteiger partial charge on any atom is 0.148 e. The molecule has 1 saturated heterocycles. The molecule has 0 saturated carbocycles. The van der Waals surface area contributed by atoms with Crippen LogP contribution in [0.3, 0.4) is 0 Å². The number of ether oxygens (including phenoxy) is 1. The van der Waals surface area contributed by atoms with Crippen LogP contribution < -0.4 is 20.9 Å². The number of benzene rings is 1. The quantitative estimate of drug-likeness (QED) is 0.850. The van der Waals surface area contributed by atoms with Crippen LogP contribution in [0.15, 0.2) is 36.2 Å². The monoisotopic (exact) mass is 403 g/mol. The summed E-state index contributed by atoms with van der Waals surface area (Å²) in [5.41, 5.74) is 9.26. The minimum absolute atomic E-state index is 0.0188. The molecule has 1 unspecified atom stereocenters. The number of aromatic nitrogens is 1. The van der Waals surface area contributed by atoms with Crippen molar-refractivity contribution in [3.63, 3.8) is 0 Å². The molecule has 156 valence electrons. The summed E-state index contributed by atoms with van der Waals surface area (Å²) < 4.78 is 5.98. The van der Waals surface area contributed by atoms with E-state index in [0.717, 1.165) is 75.1 Å². The molecule has 0 bridgehead atoms. The van der Waals surface area contributed by atoms with Crippen LogP contribution in [0, 0.1) is 18.0 Å². The smallest absolute Gasteiger partial charge is 0.148 e. The van der Waals surface area contributed by atoms with Crippen molar-refractivity contribution in [2.75, 3.05) is 11.6 Å². The van der Waals surface area contributed by atoms with Gasteiger partial charge in [-0.25, -0.2) is 0 Å². The van der Waals surface area contributed by atoms with Crippen molar-refractivity contribution >= 4 is 23.7 Å². The van der Waals surface area contributed by atoms with Gasteiger partial charge in [0.1, 0.15) is 6.23 Å². The first-order valence-electron chi connectivity index (χ1n) is 10.7. The predicted molar refractivity (Wildman–Crippen MR) is 119 cm³/mol. The Kier molecular flexibility index (Phi) is 4.76. The molecule has 2 aromatic rings. The zero-order valence-corrected chi connectivity index (χ0v) is 17.7. The zero-order chi connectivity index (χ0) is 20.8. The third kappa shape index (κ3) is 3.16. The van der Waals surface area contributed by atoms with Crippen LogP contribution >= 0.6 is 0 Å². The molecule has 3 aliphatic heterocycles. The Bertz CT molecular complexity index is 1130. The molecule has 1 N–H and O–H groups in total. The fourth-order valence-electron chi connectivity index (χ4n) is 4.63. The number of hydrogen-bond donors (Lipinski definition) is 1. The fraction of sp³-hybridized carbons (Fsp3) is 0.375. The van der Waals surface area contributed by atoms with Crippen LogP contribution in [0.2, 0.25) is 0 Å². The van der Waals surface area contributed by atoms with E-state index in [1.807, 2.05) is 25.4 Å². The summed E-state index contributed by atoms with van der Waals surface area (Å²) in [6, 6.07) is 8.34. The summed E-state index contributed by atoms with van der Waals surface area (Å²) in [5.74, 6) is 0.0952. The third-order valence-corrected chi connectivity index (χ3v) is 6.01. The highest BCUT2D eigenvalue weighted by atomic mass is 16.5. The minimum Gasteiger partial charge on any atom is -0.754 e. The first-order valence-corrected chi connectivity index (χ1v) is 10.7. The number of rotatable bonds is 3. The molecular formula is C24H27N4O2-. The van der Waals surface area contributed by atoms with Gasteiger partial charge in [0.2, 0.25) is 0 Å². The van der Waals surface area contributed by atoms with E-state index in [2.05, 4.69) is 47.5 Å². The van der Waals surface area contributed by atoms with Gasteiger partial charge < -0.3 is 20.4 Å². The number of fused-ring (bicyclic) bond motifs is 2. The SMILES string of the molecule is Cc1cc(C2=C(C(C)C)N([O-])C=c3cc4c(cc32)=CNN4C2CCCCO2)ccn1. The maximum absolute atomic E-state index is 13.1. The van der Waals surface area contributed by atoms with Gasteiger partial charge in [0, 0.05) is 47.4 Å². The summed E-state index contributed by atoms with van der Waals surface area (Å²) in [4.78, 5) is 4.34. The van der Waals surface area contributed by atoms with E-state index >= 15 is 0 Å². The van der Waals surface area contributed by atoms with Gasteiger partial charge in [-0.1, -0.05) is 13.8 Å². The van der Waals surface area contributed by atoms with Crippen molar-refractivity contribution in [3.8, 4) is 0 Å². The second kappa shape index (κ2) is 7.45. The van der Waals surface area contributed by atoms with Gasteiger partial charge in [-0.15, -0.1) is 0 Å². The van der Waals surface area contributed by atoms with Gasteiger partial charge in [0.15, 0.2) is 0 Å². The molecule has 1 fully saturated rings. The van der Waals surface area contributed by atoms with Gasteiger partial charge in [-0.05, 0) is 72.7 Å². The van der Waals surface area contributed by atoms with Crippen molar-refractivity contribution in [2.45, 2.75) is 46.3 Å². The summed E-state index contributed by atoms with van der Waals surface area (Å²) in [6.45, 7) is 6.90. The number of pyridine rings is 1. The number of nitrogens with zero attached hydrogens (tertiary/aromatic N) is 3. The van der Waals surface area contributed by atoms with Gasteiger partial charge in [0.05, 0.1) is 5.69 Å². The number of anilines is 1. The van der Waals surface area contributed by atoms with Gasteiger partial charge in [-0.2, -0.15) is 0 Å². The topological polar surface area (TPSA) is 63.7 Å². The number of allylic oxidation sites excluding steroid dienone is 1. The van der Waals surface area contributed by atoms with Crippen LogP contribution in [0.5, 0.6) is 0 Å². The molecule has 1 atom stereocenters. The molecule has 6 heteroatoms. The van der Waals surface area contributed by atoms with E-state index in [1.165, 1.54) is 0 Å². The van der Waals surface area contributed by atoms with Crippen LogP contribution in [0.4, 0.5) is 5.69 Å². The standard InChI is InChI=1S/C24H27N4O2/c1-15(2)24-23(17-7-8-25-16(3)10-17)20-11-18-13-26-28(22-6-4-5-9-30-22)21(18)12-19(20)14-27(24)29/h7-8,10-15,22,26H,4-6,9H2,1-3H3/q-1. The lowest BCUT2D eigenvalue weighted by atomic mass is 9.88. The highest BCUT2D eigenvalue weighted by Gasteiger charge is 2.27. The second-order valence-electron chi connectivity index (χ2n) is 8.52. The van der Waals surface area contributed by atoms with Crippen LogP contribution in [0.1, 0.15) is 49.9 Å². The zero-order valence-electron chi connectivity index (χ0n) is 17.7. The predicted octanol–water partition coefficient (Wildman–Crippen LogP) is 2.95. The van der Waals surface area contributed by atoms with Gasteiger partial charge in [0.25, 0.3) is 0 Å². The molecule has 5 rings (SSSR count). The number of aryl methyl sites for hydroxylation is 1. The molecule has 30 heavy (non-hydrogen) atoms. The summed E-state index contributed by atoms with van der Waals surface area (Å²) in [7, 11) is 0. The Morgan fingerprint density at radius 2 is 2.07 bits per heavy atom. The maximum atomic E-state index is 13.1. The van der Waals surface area contributed by atoms with Gasteiger partial charge in [-0.3, -0.25) is 9.99 Å². The van der Waals surface area contributed by atoms with E-state index in [4.69, 9.17) is 4.74 Å². The summed E-state index contributed by atoms with van der Waals surface area (Å²) in [5, 5.41) is 18.2. The Labute approximate surface area is 176 Å². The minimum atomic E-state index is 0.0188. The van der Waals surface area contributed by atoms with Crippen molar-refractivity contribution in [1.29, 1.82) is 0 Å². The highest BCUT2D eigenvalue weighted by Crippen LogP contribution is 2.34. The normalized spacial score (nSPS) is 20.5. The molecule has 1 aromatic heterocycles. The van der Waals surface area contributed by atoms with Crippen LogP contribution in [-0.2, 0) is 4.74 Å². The molecule has 0 radical (unpaired) electrons. The van der Waals surface area contributed by atoms with E-state index in [0.29, 0.717) is 0 Å². The van der Waals surface area contributed by atoms with E-state index in [1.54, 1.807) is 6.20 Å². The van der Waals surface area contributed by atoms with Crippen molar-refractivity contribution < 1.29 is 4.74 Å². The number of hydroxylamine groups is 2. The van der Waals surface area contributed by atoms with Crippen molar-refractivity contribution in [2.24, 2.45) is 5.92 Å². The molecule has 1 aromatic carbocycles. The van der Waals surface area contributed by atoms with Crippen LogP contribution in [-0.4, -0.2) is 22.9 Å². The highest BCUT2D eigenvalue weighted by molar-refractivity contribution is 5.86. The number of nitrogens with one attached hydrogen (secondary N) is 1. The molecular weight excluding hydrogens is 376 g/mol. The average molecular weight is 404 g/mol. The molecule has 3 aliphatic rings. The molecule has 6 nitrogen and oxygen atoms in total. The summed E-state index contributed by atoms with van der Waals surface area (Å²) >= 11 is 0. The molecule has 0 amide bonds. The second-order valence-corrected chi connectivity index (χ2v) is 8.52. The third-order valence-electron chi connectivity index (χ3n) is 6.01. The first kappa shape index (κ1) is 19.2. The Hall–Kier alpha value is -2.83. The molecule has 0 spiro atoms. The average Bonchev–Trinajstić information content (AvgIpc) is 3.14. The Morgan fingerprint density at radius 3 is 2.80 bits per heavy atom. The molecule has 0 aliphatic carbocycles.